The van der Waals surface area contributed by atoms with E-state index in [1.807, 2.05) is 36.5 Å². The Morgan fingerprint density at radius 1 is 1.17 bits per heavy atom. The van der Waals surface area contributed by atoms with E-state index in [2.05, 4.69) is 13.8 Å². The van der Waals surface area contributed by atoms with Crippen molar-refractivity contribution in [2.24, 2.45) is 5.92 Å². The zero-order valence-electron chi connectivity index (χ0n) is 20.3. The van der Waals surface area contributed by atoms with E-state index in [-0.39, 0.29) is 11.6 Å². The lowest BCUT2D eigenvalue weighted by molar-refractivity contribution is -0.384. The largest absolute Gasteiger partial charge is 0.293 e. The van der Waals surface area contributed by atoms with Crippen molar-refractivity contribution < 1.29 is 9.72 Å². The molecule has 2 heterocycles. The van der Waals surface area contributed by atoms with E-state index in [0.717, 1.165) is 31.4 Å². The SMILES string of the molecule is CCCCC(CC)CN1C(=O)C(=Cc2cn(-c3ccccc3)nc2-c2cccc([N+](=O)[O-])c2)SC1=S. The van der Waals surface area contributed by atoms with Crippen LogP contribution >= 0.6 is 24.0 Å². The first-order valence-corrected chi connectivity index (χ1v) is 13.3. The van der Waals surface area contributed by atoms with Crippen molar-refractivity contribution in [2.75, 3.05) is 6.54 Å². The molecule has 0 N–H and O–H groups in total. The molecule has 7 nitrogen and oxygen atoms in total. The smallest absolute Gasteiger partial charge is 0.270 e. The van der Waals surface area contributed by atoms with Gasteiger partial charge in [-0.3, -0.25) is 19.8 Å². The Morgan fingerprint density at radius 2 is 1.94 bits per heavy atom. The normalized spacial score (nSPS) is 15.6. The number of carbonyl (C=O) groups is 1. The minimum atomic E-state index is -0.425. The minimum absolute atomic E-state index is 0.0169. The number of nitro groups is 1. The highest BCUT2D eigenvalue weighted by Crippen LogP contribution is 2.36. The monoisotopic (exact) mass is 520 g/mol. The standard InChI is InChI=1S/C27H28N4O3S2/c1-3-5-10-19(4-2)17-29-26(32)24(36-27(29)35)16-21-18-30(22-12-7-6-8-13-22)28-25(21)20-11-9-14-23(15-20)31(33)34/h6-9,11-16,18-19H,3-5,10,17H2,1-2H3. The van der Waals surface area contributed by atoms with Crippen LogP contribution in [0.1, 0.15) is 45.1 Å². The molecular weight excluding hydrogens is 492 g/mol. The number of rotatable bonds is 10. The van der Waals surface area contributed by atoms with E-state index >= 15 is 0 Å². The van der Waals surface area contributed by atoms with Crippen molar-refractivity contribution in [1.82, 2.24) is 14.7 Å². The van der Waals surface area contributed by atoms with E-state index in [4.69, 9.17) is 17.3 Å². The topological polar surface area (TPSA) is 81.3 Å². The number of carbonyl (C=O) groups excluding carboxylic acids is 1. The Balaban J connectivity index is 1.71. The van der Waals surface area contributed by atoms with Gasteiger partial charge >= 0.3 is 0 Å². The summed E-state index contributed by atoms with van der Waals surface area (Å²) in [4.78, 5) is 26.5. The fourth-order valence-corrected chi connectivity index (χ4v) is 5.44. The van der Waals surface area contributed by atoms with Crippen molar-refractivity contribution in [2.45, 2.75) is 39.5 Å². The van der Waals surface area contributed by atoms with Gasteiger partial charge in [0.15, 0.2) is 0 Å². The molecule has 9 heteroatoms. The number of para-hydroxylation sites is 1. The molecule has 4 rings (SSSR count). The van der Waals surface area contributed by atoms with Gasteiger partial charge in [0.05, 0.1) is 15.5 Å². The second kappa shape index (κ2) is 11.6. The molecule has 1 aliphatic heterocycles. The van der Waals surface area contributed by atoms with Crippen LogP contribution in [0.15, 0.2) is 65.7 Å². The van der Waals surface area contributed by atoms with E-state index in [1.165, 1.54) is 23.9 Å². The third-order valence-corrected chi connectivity index (χ3v) is 7.62. The molecule has 0 saturated carbocycles. The highest BCUT2D eigenvalue weighted by Gasteiger charge is 2.33. The van der Waals surface area contributed by atoms with Crippen molar-refractivity contribution in [1.29, 1.82) is 0 Å². The average Bonchev–Trinajstić information content (AvgIpc) is 3.43. The van der Waals surface area contributed by atoms with Crippen LogP contribution in [0.5, 0.6) is 0 Å². The third kappa shape index (κ3) is 5.74. The number of amides is 1. The Hall–Kier alpha value is -3.30. The third-order valence-electron chi connectivity index (χ3n) is 6.24. The number of thiocarbonyl (C=S) groups is 1. The number of nitro benzene ring substituents is 1. The molecule has 0 spiro atoms. The van der Waals surface area contributed by atoms with E-state index in [1.54, 1.807) is 27.8 Å². The molecule has 1 fully saturated rings. The first kappa shape index (κ1) is 25.8. The van der Waals surface area contributed by atoms with Crippen molar-refractivity contribution in [3.63, 3.8) is 0 Å². The molecule has 3 aromatic rings. The van der Waals surface area contributed by atoms with Crippen LogP contribution in [0.3, 0.4) is 0 Å². The van der Waals surface area contributed by atoms with Crippen LogP contribution in [-0.4, -0.2) is 36.4 Å². The lowest BCUT2D eigenvalue weighted by Crippen LogP contribution is -2.33. The fraction of sp³-hybridized carbons (Fsp3) is 0.296. The van der Waals surface area contributed by atoms with Crippen LogP contribution in [0.2, 0.25) is 0 Å². The summed E-state index contributed by atoms with van der Waals surface area (Å²) in [5, 5.41) is 16.1. The fourth-order valence-electron chi connectivity index (χ4n) is 4.17. The van der Waals surface area contributed by atoms with Crippen LogP contribution in [0.4, 0.5) is 5.69 Å². The van der Waals surface area contributed by atoms with E-state index < -0.39 is 4.92 Å². The van der Waals surface area contributed by atoms with Gasteiger partial charge in [0.2, 0.25) is 0 Å². The van der Waals surface area contributed by atoms with Gasteiger partial charge in [-0.2, -0.15) is 5.10 Å². The molecular formula is C27H28N4O3S2. The number of hydrogen-bond acceptors (Lipinski definition) is 6. The molecule has 186 valence electrons. The zero-order chi connectivity index (χ0) is 25.7. The summed E-state index contributed by atoms with van der Waals surface area (Å²) >= 11 is 6.87. The van der Waals surface area contributed by atoms with Gasteiger partial charge in [0, 0.05) is 36.0 Å². The molecule has 0 aliphatic carbocycles. The van der Waals surface area contributed by atoms with Crippen LogP contribution in [-0.2, 0) is 4.79 Å². The lowest BCUT2D eigenvalue weighted by atomic mass is 9.99. The van der Waals surface area contributed by atoms with Gasteiger partial charge in [0.25, 0.3) is 11.6 Å². The number of non-ortho nitro benzene ring substituents is 1. The maximum absolute atomic E-state index is 13.3. The average molecular weight is 521 g/mol. The Bertz CT molecular complexity index is 1300. The van der Waals surface area contributed by atoms with Gasteiger partial charge in [-0.05, 0) is 30.5 Å². The van der Waals surface area contributed by atoms with Crippen molar-refractivity contribution in [3.05, 3.63) is 81.4 Å². The summed E-state index contributed by atoms with van der Waals surface area (Å²) < 4.78 is 2.28. The summed E-state index contributed by atoms with van der Waals surface area (Å²) in [6.07, 6.45) is 7.97. The van der Waals surface area contributed by atoms with Gasteiger partial charge in [0.1, 0.15) is 10.0 Å². The predicted molar refractivity (Wildman–Crippen MR) is 149 cm³/mol. The Morgan fingerprint density at radius 3 is 2.64 bits per heavy atom. The van der Waals surface area contributed by atoms with Gasteiger partial charge < -0.3 is 0 Å². The minimum Gasteiger partial charge on any atom is -0.293 e. The number of aromatic nitrogens is 2. The lowest BCUT2D eigenvalue weighted by Gasteiger charge is -2.21. The van der Waals surface area contributed by atoms with Crippen molar-refractivity contribution in [3.8, 4) is 16.9 Å². The van der Waals surface area contributed by atoms with E-state index in [9.17, 15) is 14.9 Å². The first-order valence-electron chi connectivity index (χ1n) is 12.1. The first-order chi connectivity index (χ1) is 17.4. The molecule has 1 amide bonds. The second-order valence-electron chi connectivity index (χ2n) is 8.73. The molecule has 1 aromatic heterocycles. The van der Waals surface area contributed by atoms with Crippen LogP contribution in [0, 0.1) is 16.0 Å². The molecule has 36 heavy (non-hydrogen) atoms. The highest BCUT2D eigenvalue weighted by molar-refractivity contribution is 8.26. The maximum atomic E-state index is 13.3. The summed E-state index contributed by atoms with van der Waals surface area (Å²) in [5.41, 5.74) is 2.68. The summed E-state index contributed by atoms with van der Waals surface area (Å²) in [6.45, 7) is 4.94. The number of unbranched alkanes of at least 4 members (excludes halogenated alkanes) is 1. The molecule has 0 radical (unpaired) electrons. The maximum Gasteiger partial charge on any atom is 0.270 e. The number of benzene rings is 2. The predicted octanol–water partition coefficient (Wildman–Crippen LogP) is 6.87. The zero-order valence-corrected chi connectivity index (χ0v) is 21.9. The van der Waals surface area contributed by atoms with Gasteiger partial charge in [-0.1, -0.05) is 87.4 Å². The molecule has 1 atom stereocenters. The van der Waals surface area contributed by atoms with Crippen molar-refractivity contribution >= 4 is 46.0 Å². The summed E-state index contributed by atoms with van der Waals surface area (Å²) in [7, 11) is 0. The van der Waals surface area contributed by atoms with Crippen LogP contribution < -0.4 is 0 Å². The second-order valence-corrected chi connectivity index (χ2v) is 10.4. The van der Waals surface area contributed by atoms with Crippen LogP contribution in [0.25, 0.3) is 23.0 Å². The number of thioether (sulfide) groups is 1. The van der Waals surface area contributed by atoms with Gasteiger partial charge in [-0.15, -0.1) is 0 Å². The summed E-state index contributed by atoms with van der Waals surface area (Å²) in [6, 6.07) is 16.0. The molecule has 1 aliphatic rings. The molecule has 1 saturated heterocycles. The molecule has 2 aromatic carbocycles. The molecule has 0 bridgehead atoms. The Labute approximate surface area is 220 Å². The number of hydrogen-bond donors (Lipinski definition) is 0. The van der Waals surface area contributed by atoms with E-state index in [0.29, 0.717) is 38.5 Å². The number of nitrogens with zero attached hydrogens (tertiary/aromatic N) is 4. The highest BCUT2D eigenvalue weighted by atomic mass is 32.2. The quantitative estimate of drug-likeness (QED) is 0.126. The summed E-state index contributed by atoms with van der Waals surface area (Å²) in [5.74, 6) is 0.311. The molecule has 1 unspecified atom stereocenters. The van der Waals surface area contributed by atoms with Gasteiger partial charge in [-0.25, -0.2) is 4.68 Å². The Kier molecular flexibility index (Phi) is 8.32.